The van der Waals surface area contributed by atoms with Crippen LogP contribution in [0.25, 0.3) is 17.2 Å². The van der Waals surface area contributed by atoms with Gasteiger partial charge < -0.3 is 0 Å². The standard InChI is InChI=1S/C19H17.C14H15.Zr/c1-13-10-16-12-15-8-5-9-17(15)19(18(16)11-13)14-6-3-2-4-7-14;1-12(11-13-7-5-6-8-13)14-9-3-2-4-10-14;/h2-4,6-7,10-12H,5,8-9H2,1H3;2-4,7-10,12H,5,11H2,1H3;. The van der Waals surface area contributed by atoms with Crippen LogP contribution in [0.5, 0.6) is 0 Å². The molecule has 3 aliphatic carbocycles. The van der Waals surface area contributed by atoms with Crippen molar-refractivity contribution >= 4 is 6.08 Å². The summed E-state index contributed by atoms with van der Waals surface area (Å²) in [5.74, 6) is 0.582. The van der Waals surface area contributed by atoms with Crippen LogP contribution >= 0.6 is 0 Å². The second-order valence-corrected chi connectivity index (χ2v) is 14.0. The molecule has 3 aromatic rings. The Balaban J connectivity index is 1.27. The van der Waals surface area contributed by atoms with Gasteiger partial charge in [-0.25, -0.2) is 0 Å². The van der Waals surface area contributed by atoms with Crippen LogP contribution in [-0.2, 0) is 36.1 Å². The minimum absolute atomic E-state index is 0.582. The van der Waals surface area contributed by atoms with Crippen LogP contribution in [0.2, 0.25) is 0 Å². The summed E-state index contributed by atoms with van der Waals surface area (Å²) in [6.45, 7) is 4.76. The van der Waals surface area contributed by atoms with Gasteiger partial charge in [0.2, 0.25) is 0 Å². The van der Waals surface area contributed by atoms with Gasteiger partial charge in [-0.05, 0) is 0 Å². The summed E-state index contributed by atoms with van der Waals surface area (Å²) in [5, 5.41) is 0. The molecule has 0 saturated carbocycles. The summed E-state index contributed by atoms with van der Waals surface area (Å²) in [6, 6.07) is 24.8. The maximum atomic E-state index is 2.62. The molecule has 0 spiro atoms. The van der Waals surface area contributed by atoms with E-state index in [2.05, 4.69) is 98.8 Å². The average Bonchev–Trinajstić information content (AvgIpc) is 3.59. The van der Waals surface area contributed by atoms with Gasteiger partial charge in [0.25, 0.3) is 0 Å². The summed E-state index contributed by atoms with van der Waals surface area (Å²) in [4.78, 5) is 0. The Labute approximate surface area is 216 Å². The van der Waals surface area contributed by atoms with E-state index in [0.29, 0.717) is 9.54 Å². The van der Waals surface area contributed by atoms with Crippen molar-refractivity contribution in [3.05, 3.63) is 121 Å². The zero-order valence-corrected chi connectivity index (χ0v) is 22.7. The third-order valence-corrected chi connectivity index (χ3v) is 12.2. The van der Waals surface area contributed by atoms with E-state index in [1.165, 1.54) is 36.8 Å². The molecule has 0 aromatic heterocycles. The van der Waals surface area contributed by atoms with E-state index < -0.39 is 23.2 Å². The van der Waals surface area contributed by atoms with Crippen molar-refractivity contribution in [1.82, 2.24) is 0 Å². The van der Waals surface area contributed by atoms with Crippen LogP contribution in [0.15, 0.2) is 93.3 Å². The second kappa shape index (κ2) is 9.43. The van der Waals surface area contributed by atoms with Crippen LogP contribution in [0.1, 0.15) is 70.5 Å². The predicted octanol–water partition coefficient (Wildman–Crippen LogP) is 8.79. The van der Waals surface area contributed by atoms with Crippen molar-refractivity contribution < 1.29 is 23.2 Å². The fourth-order valence-electron chi connectivity index (χ4n) is 6.12. The molecule has 0 nitrogen and oxygen atoms in total. The molecule has 6 rings (SSSR count). The monoisotopic (exact) mass is 518 g/mol. The van der Waals surface area contributed by atoms with Crippen molar-refractivity contribution in [2.45, 2.75) is 55.5 Å². The molecule has 2 unspecified atom stereocenters. The molecule has 1 heteroatoms. The fraction of sp³-hybridized carbons (Fsp3) is 0.273. The Morgan fingerprint density at radius 1 is 0.941 bits per heavy atom. The minimum atomic E-state index is -0.737. The van der Waals surface area contributed by atoms with Crippen molar-refractivity contribution in [1.29, 1.82) is 0 Å². The van der Waals surface area contributed by atoms with Gasteiger partial charge in [0, 0.05) is 0 Å². The van der Waals surface area contributed by atoms with Crippen LogP contribution in [0.4, 0.5) is 0 Å². The summed E-state index contributed by atoms with van der Waals surface area (Å²) < 4.78 is 2.46. The van der Waals surface area contributed by atoms with E-state index in [4.69, 9.17) is 0 Å². The van der Waals surface area contributed by atoms with Crippen LogP contribution in [-0.4, -0.2) is 0 Å². The Bertz CT molecular complexity index is 1310. The first-order valence-corrected chi connectivity index (χ1v) is 15.5. The van der Waals surface area contributed by atoms with Crippen LogP contribution < -0.4 is 0 Å². The summed E-state index contributed by atoms with van der Waals surface area (Å²) in [5.41, 5.74) is 14.0. The maximum absolute atomic E-state index is 2.62. The van der Waals surface area contributed by atoms with Crippen LogP contribution in [0, 0.1) is 0 Å². The number of aryl methyl sites for hydroxylation is 1. The number of allylic oxidation sites excluding steroid dienone is 5. The van der Waals surface area contributed by atoms with Crippen LogP contribution in [0.3, 0.4) is 0 Å². The van der Waals surface area contributed by atoms with Gasteiger partial charge in [0.1, 0.15) is 0 Å². The Hall–Kier alpha value is -2.24. The topological polar surface area (TPSA) is 0 Å². The Kier molecular flexibility index (Phi) is 6.17. The zero-order valence-electron chi connectivity index (χ0n) is 20.3. The van der Waals surface area contributed by atoms with Gasteiger partial charge in [-0.3, -0.25) is 0 Å². The molecule has 168 valence electrons. The molecule has 0 N–H and O–H groups in total. The number of hydrogen-bond donors (Lipinski definition) is 0. The van der Waals surface area contributed by atoms with E-state index >= 15 is 0 Å². The number of hydrogen-bond acceptors (Lipinski definition) is 0. The molecule has 3 aromatic carbocycles. The van der Waals surface area contributed by atoms with E-state index in [1.807, 2.05) is 0 Å². The normalized spacial score (nSPS) is 19.2. The molecule has 3 aliphatic rings. The summed E-state index contributed by atoms with van der Waals surface area (Å²) >= 11 is -0.737. The van der Waals surface area contributed by atoms with Crippen molar-refractivity contribution in [2.24, 2.45) is 0 Å². The zero-order chi connectivity index (χ0) is 23.1. The molecule has 0 bridgehead atoms. The van der Waals surface area contributed by atoms with Gasteiger partial charge in [0.15, 0.2) is 0 Å². The van der Waals surface area contributed by atoms with Crippen molar-refractivity contribution in [3.8, 4) is 11.1 Å². The molecule has 0 amide bonds. The summed E-state index contributed by atoms with van der Waals surface area (Å²) in [6.07, 6.45) is 13.8. The predicted molar refractivity (Wildman–Crippen MR) is 141 cm³/mol. The number of rotatable bonds is 6. The Morgan fingerprint density at radius 3 is 2.50 bits per heavy atom. The molecule has 2 atom stereocenters. The first kappa shape index (κ1) is 22.2. The number of benzene rings is 3. The van der Waals surface area contributed by atoms with Gasteiger partial charge in [-0.1, -0.05) is 0 Å². The molecule has 34 heavy (non-hydrogen) atoms. The second-order valence-electron chi connectivity index (χ2n) is 10.2. The van der Waals surface area contributed by atoms with Crippen molar-refractivity contribution in [2.75, 3.05) is 0 Å². The van der Waals surface area contributed by atoms with Crippen molar-refractivity contribution in [3.63, 3.8) is 0 Å². The summed E-state index contributed by atoms with van der Waals surface area (Å²) in [7, 11) is 0. The quantitative estimate of drug-likeness (QED) is 0.305. The first-order valence-electron chi connectivity index (χ1n) is 12.8. The van der Waals surface area contributed by atoms with Gasteiger partial charge in [0.05, 0.1) is 0 Å². The van der Waals surface area contributed by atoms with Gasteiger partial charge in [-0.2, -0.15) is 0 Å². The first-order chi connectivity index (χ1) is 16.7. The van der Waals surface area contributed by atoms with E-state index in [9.17, 15) is 0 Å². The third kappa shape index (κ3) is 4.18. The SMILES string of the molecule is CC1=Cc2c(cc3c(c2-c2ccccc2)CCC3)[CH]1[Zr][C]1=CC(CC(C)c2ccccc2)=CC1. The number of fused-ring (bicyclic) bond motifs is 2. The Morgan fingerprint density at radius 2 is 1.71 bits per heavy atom. The van der Waals surface area contributed by atoms with Gasteiger partial charge >= 0.3 is 217 Å². The molecular weight excluding hydrogens is 488 g/mol. The molecule has 0 saturated heterocycles. The molecule has 0 heterocycles. The van der Waals surface area contributed by atoms with E-state index in [0.717, 1.165) is 6.42 Å². The van der Waals surface area contributed by atoms with E-state index in [-0.39, 0.29) is 0 Å². The molecule has 0 aliphatic heterocycles. The third-order valence-electron chi connectivity index (χ3n) is 7.86. The molecule has 0 radical (unpaired) electrons. The fourth-order valence-corrected chi connectivity index (χ4v) is 9.97. The van der Waals surface area contributed by atoms with E-state index in [1.54, 1.807) is 42.2 Å². The molecule has 0 fully saturated rings. The average molecular weight is 520 g/mol. The van der Waals surface area contributed by atoms with Gasteiger partial charge in [-0.15, -0.1) is 0 Å². The molecular formula is C33H32Zr.